The van der Waals surface area contributed by atoms with Crippen molar-refractivity contribution in [1.29, 1.82) is 0 Å². The van der Waals surface area contributed by atoms with Gasteiger partial charge in [-0.25, -0.2) is 0 Å². The number of ether oxygens (including phenoxy) is 1. The van der Waals surface area contributed by atoms with Gasteiger partial charge < -0.3 is 15.4 Å². The zero-order chi connectivity index (χ0) is 19.6. The first kappa shape index (κ1) is 20.7. The average Bonchev–Trinajstić information content (AvgIpc) is 2.66. The second-order valence-corrected chi connectivity index (χ2v) is 6.47. The first-order chi connectivity index (χ1) is 13.0. The minimum atomic E-state index is -0.360. The van der Waals surface area contributed by atoms with Gasteiger partial charge in [0, 0.05) is 30.8 Å². The molecule has 142 valence electrons. The summed E-state index contributed by atoms with van der Waals surface area (Å²) < 4.78 is 4.97. The summed E-state index contributed by atoms with van der Waals surface area (Å²) >= 11 is 5.90. The van der Waals surface area contributed by atoms with Gasteiger partial charge in [0.1, 0.15) is 5.70 Å². The van der Waals surface area contributed by atoms with Gasteiger partial charge in [0.2, 0.25) is 0 Å². The van der Waals surface area contributed by atoms with Gasteiger partial charge in [-0.15, -0.1) is 0 Å². The highest BCUT2D eigenvalue weighted by atomic mass is 35.5. The third-order valence-electron chi connectivity index (χ3n) is 3.80. The lowest BCUT2D eigenvalue weighted by atomic mass is 10.1. The molecule has 0 aliphatic heterocycles. The number of aryl methyl sites for hydroxylation is 1. The van der Waals surface area contributed by atoms with Crippen molar-refractivity contribution in [1.82, 2.24) is 10.6 Å². The van der Waals surface area contributed by atoms with Crippen LogP contribution in [0.15, 0.2) is 54.2 Å². The van der Waals surface area contributed by atoms with Crippen LogP contribution in [0.5, 0.6) is 0 Å². The Kier molecular flexibility index (Phi) is 8.04. The quantitative estimate of drug-likeness (QED) is 0.538. The maximum Gasteiger partial charge on any atom is 0.267 e. The Morgan fingerprint density at radius 2 is 1.74 bits per heavy atom. The van der Waals surface area contributed by atoms with Crippen LogP contribution in [0.4, 0.5) is 0 Å². The molecule has 0 saturated carbocycles. The first-order valence-electron chi connectivity index (χ1n) is 8.62. The highest BCUT2D eigenvalue weighted by Gasteiger charge is 2.14. The minimum absolute atomic E-state index is 0.167. The van der Waals surface area contributed by atoms with Crippen molar-refractivity contribution < 1.29 is 14.3 Å². The zero-order valence-electron chi connectivity index (χ0n) is 15.4. The number of carbonyl (C=O) groups excluding carboxylic acids is 2. The molecule has 0 spiro atoms. The van der Waals surface area contributed by atoms with Gasteiger partial charge in [-0.3, -0.25) is 9.59 Å². The SMILES string of the molecule is COCCCNC(=O)/C(=C\c1ccc(Cl)cc1)NC(=O)c1ccc(C)cc1. The second kappa shape index (κ2) is 10.5. The summed E-state index contributed by atoms with van der Waals surface area (Å²) in [7, 11) is 1.61. The Morgan fingerprint density at radius 1 is 1.07 bits per heavy atom. The predicted molar refractivity (Wildman–Crippen MR) is 108 cm³/mol. The summed E-state index contributed by atoms with van der Waals surface area (Å²) in [5.74, 6) is -0.705. The smallest absolute Gasteiger partial charge is 0.267 e. The third kappa shape index (κ3) is 6.89. The van der Waals surface area contributed by atoms with Crippen molar-refractivity contribution in [2.75, 3.05) is 20.3 Å². The van der Waals surface area contributed by atoms with Gasteiger partial charge in [0.15, 0.2) is 0 Å². The largest absolute Gasteiger partial charge is 0.385 e. The highest BCUT2D eigenvalue weighted by molar-refractivity contribution is 6.30. The molecule has 0 bridgehead atoms. The lowest BCUT2D eigenvalue weighted by Crippen LogP contribution is -2.35. The minimum Gasteiger partial charge on any atom is -0.385 e. The lowest BCUT2D eigenvalue weighted by Gasteiger charge is -2.11. The summed E-state index contributed by atoms with van der Waals surface area (Å²) in [4.78, 5) is 25.1. The molecule has 0 aromatic heterocycles. The van der Waals surface area contributed by atoms with E-state index in [1.54, 1.807) is 49.6 Å². The standard InChI is InChI=1S/C21H23ClN2O3/c1-15-4-8-17(9-5-15)20(25)24-19(21(26)23-12-3-13-27-2)14-16-6-10-18(22)11-7-16/h4-11,14H,3,12-13H2,1-2H3,(H,23,26)(H,24,25)/b19-14+. The number of halogens is 1. The Labute approximate surface area is 164 Å². The van der Waals surface area contributed by atoms with Crippen LogP contribution in [0.1, 0.15) is 27.9 Å². The molecule has 0 unspecified atom stereocenters. The van der Waals surface area contributed by atoms with E-state index in [0.717, 1.165) is 11.1 Å². The molecule has 0 aliphatic carbocycles. The molecule has 0 aliphatic rings. The Morgan fingerprint density at radius 3 is 2.37 bits per heavy atom. The maximum absolute atomic E-state index is 12.5. The molecule has 0 fully saturated rings. The fraction of sp³-hybridized carbons (Fsp3) is 0.238. The molecule has 0 heterocycles. The van der Waals surface area contributed by atoms with Crippen LogP contribution in [0, 0.1) is 6.92 Å². The van der Waals surface area contributed by atoms with E-state index in [4.69, 9.17) is 16.3 Å². The van der Waals surface area contributed by atoms with Gasteiger partial charge >= 0.3 is 0 Å². The first-order valence-corrected chi connectivity index (χ1v) is 9.00. The number of hydrogen-bond acceptors (Lipinski definition) is 3. The van der Waals surface area contributed by atoms with Crippen LogP contribution in [0.2, 0.25) is 5.02 Å². The molecule has 2 aromatic carbocycles. The second-order valence-electron chi connectivity index (χ2n) is 6.03. The van der Waals surface area contributed by atoms with E-state index in [9.17, 15) is 9.59 Å². The normalized spacial score (nSPS) is 11.1. The van der Waals surface area contributed by atoms with Gasteiger partial charge in [-0.2, -0.15) is 0 Å². The number of benzene rings is 2. The number of amides is 2. The maximum atomic E-state index is 12.5. The highest BCUT2D eigenvalue weighted by Crippen LogP contribution is 2.13. The van der Waals surface area contributed by atoms with E-state index in [1.807, 2.05) is 19.1 Å². The summed E-state index contributed by atoms with van der Waals surface area (Å²) in [5, 5.41) is 6.09. The lowest BCUT2D eigenvalue weighted by molar-refractivity contribution is -0.117. The fourth-order valence-electron chi connectivity index (χ4n) is 2.30. The van der Waals surface area contributed by atoms with Gasteiger partial charge in [-0.1, -0.05) is 41.4 Å². The molecule has 6 heteroatoms. The average molecular weight is 387 g/mol. The van der Waals surface area contributed by atoms with Crippen molar-refractivity contribution in [2.45, 2.75) is 13.3 Å². The Balaban J connectivity index is 2.17. The van der Waals surface area contributed by atoms with E-state index in [-0.39, 0.29) is 17.5 Å². The summed E-state index contributed by atoms with van der Waals surface area (Å²) in [5.41, 5.74) is 2.46. The van der Waals surface area contributed by atoms with Crippen LogP contribution < -0.4 is 10.6 Å². The van der Waals surface area contributed by atoms with Crippen molar-refractivity contribution >= 4 is 29.5 Å². The summed E-state index contributed by atoms with van der Waals surface area (Å²) in [6.07, 6.45) is 2.30. The Hall–Kier alpha value is -2.63. The van der Waals surface area contributed by atoms with Crippen LogP contribution in [0.3, 0.4) is 0 Å². The zero-order valence-corrected chi connectivity index (χ0v) is 16.2. The van der Waals surface area contributed by atoms with Crippen LogP contribution in [0.25, 0.3) is 6.08 Å². The van der Waals surface area contributed by atoms with E-state index < -0.39 is 0 Å². The molecular formula is C21H23ClN2O3. The van der Waals surface area contributed by atoms with Gasteiger partial charge in [0.05, 0.1) is 0 Å². The fourth-order valence-corrected chi connectivity index (χ4v) is 2.42. The van der Waals surface area contributed by atoms with Crippen LogP contribution >= 0.6 is 11.6 Å². The van der Waals surface area contributed by atoms with E-state index in [2.05, 4.69) is 10.6 Å². The summed E-state index contributed by atoms with van der Waals surface area (Å²) in [6.45, 7) is 2.94. The molecule has 2 N–H and O–H groups in total. The topological polar surface area (TPSA) is 67.4 Å². The predicted octanol–water partition coefficient (Wildman–Crippen LogP) is 3.57. The molecule has 2 aromatic rings. The molecule has 27 heavy (non-hydrogen) atoms. The number of hydrogen-bond donors (Lipinski definition) is 2. The molecule has 0 atom stereocenters. The Bertz CT molecular complexity index is 799. The van der Waals surface area contributed by atoms with Crippen LogP contribution in [-0.4, -0.2) is 32.1 Å². The van der Waals surface area contributed by atoms with Crippen molar-refractivity contribution in [3.8, 4) is 0 Å². The van der Waals surface area contributed by atoms with Crippen molar-refractivity contribution in [2.24, 2.45) is 0 Å². The monoisotopic (exact) mass is 386 g/mol. The molecule has 0 saturated heterocycles. The molecule has 5 nitrogen and oxygen atoms in total. The third-order valence-corrected chi connectivity index (χ3v) is 4.05. The number of rotatable bonds is 8. The van der Waals surface area contributed by atoms with E-state index in [0.29, 0.717) is 30.2 Å². The van der Waals surface area contributed by atoms with E-state index in [1.165, 1.54) is 0 Å². The number of carbonyl (C=O) groups is 2. The summed E-state index contributed by atoms with van der Waals surface area (Å²) in [6, 6.07) is 14.1. The molecule has 2 amide bonds. The van der Waals surface area contributed by atoms with E-state index >= 15 is 0 Å². The molecule has 0 radical (unpaired) electrons. The van der Waals surface area contributed by atoms with Crippen molar-refractivity contribution in [3.63, 3.8) is 0 Å². The van der Waals surface area contributed by atoms with Gasteiger partial charge in [-0.05, 0) is 49.2 Å². The molecule has 2 rings (SSSR count). The number of nitrogens with one attached hydrogen (secondary N) is 2. The van der Waals surface area contributed by atoms with Crippen molar-refractivity contribution in [3.05, 3.63) is 75.9 Å². The van der Waals surface area contributed by atoms with Crippen LogP contribution in [-0.2, 0) is 9.53 Å². The molecular weight excluding hydrogens is 364 g/mol. The number of methoxy groups -OCH3 is 1. The van der Waals surface area contributed by atoms with Gasteiger partial charge in [0.25, 0.3) is 11.8 Å².